The van der Waals surface area contributed by atoms with E-state index in [4.69, 9.17) is 9.47 Å². The SMILES string of the molecule is Cc1ccc(OCCCN2C(=O)COc3ccc(Br)nc32)cc1. The molecule has 0 radical (unpaired) electrons. The van der Waals surface area contributed by atoms with Crippen molar-refractivity contribution >= 4 is 27.7 Å². The van der Waals surface area contributed by atoms with Gasteiger partial charge in [-0.05, 0) is 53.5 Å². The summed E-state index contributed by atoms with van der Waals surface area (Å²) in [6, 6.07) is 11.5. The second kappa shape index (κ2) is 7.00. The number of anilines is 1. The fourth-order valence-corrected chi connectivity index (χ4v) is 2.63. The summed E-state index contributed by atoms with van der Waals surface area (Å²) < 4.78 is 11.8. The molecule has 1 aromatic carbocycles. The lowest BCUT2D eigenvalue weighted by Gasteiger charge is -2.28. The standard InChI is InChI=1S/C17H17BrN2O3/c1-12-3-5-13(6-4-12)22-10-2-9-20-16(21)11-23-14-7-8-15(18)19-17(14)20/h3-8H,2,9-11H2,1H3. The molecule has 0 unspecified atom stereocenters. The van der Waals surface area contributed by atoms with E-state index in [1.165, 1.54) is 5.56 Å². The molecule has 0 saturated heterocycles. The summed E-state index contributed by atoms with van der Waals surface area (Å²) in [5.41, 5.74) is 1.20. The van der Waals surface area contributed by atoms with E-state index in [0.717, 1.165) is 5.75 Å². The maximum absolute atomic E-state index is 12.1. The predicted molar refractivity (Wildman–Crippen MR) is 91.1 cm³/mol. The number of hydrogen-bond donors (Lipinski definition) is 0. The summed E-state index contributed by atoms with van der Waals surface area (Å²) in [4.78, 5) is 18.1. The molecular formula is C17H17BrN2O3. The van der Waals surface area contributed by atoms with Crippen molar-refractivity contribution in [2.24, 2.45) is 0 Å². The summed E-state index contributed by atoms with van der Waals surface area (Å²) in [6.45, 7) is 3.17. The van der Waals surface area contributed by atoms with Crippen molar-refractivity contribution in [2.75, 3.05) is 24.7 Å². The third kappa shape index (κ3) is 3.82. The number of benzene rings is 1. The maximum atomic E-state index is 12.1. The lowest BCUT2D eigenvalue weighted by atomic mass is 10.2. The normalized spacial score (nSPS) is 13.5. The molecule has 1 aromatic heterocycles. The molecule has 0 atom stereocenters. The van der Waals surface area contributed by atoms with Gasteiger partial charge in [0.2, 0.25) is 0 Å². The van der Waals surface area contributed by atoms with Gasteiger partial charge in [0.1, 0.15) is 10.4 Å². The molecule has 3 rings (SSSR count). The van der Waals surface area contributed by atoms with Gasteiger partial charge in [0, 0.05) is 6.54 Å². The second-order valence-corrected chi connectivity index (χ2v) is 6.12. The van der Waals surface area contributed by atoms with E-state index >= 15 is 0 Å². The van der Waals surface area contributed by atoms with E-state index in [0.29, 0.717) is 35.7 Å². The molecule has 2 heterocycles. The number of carbonyl (C=O) groups excluding carboxylic acids is 1. The molecule has 6 heteroatoms. The van der Waals surface area contributed by atoms with Crippen LogP contribution in [0.25, 0.3) is 0 Å². The zero-order chi connectivity index (χ0) is 16.2. The number of aryl methyl sites for hydroxylation is 1. The van der Waals surface area contributed by atoms with Crippen molar-refractivity contribution in [3.05, 3.63) is 46.6 Å². The Morgan fingerprint density at radius 3 is 2.83 bits per heavy atom. The zero-order valence-corrected chi connectivity index (χ0v) is 14.4. The molecule has 1 aliphatic heterocycles. The quantitative estimate of drug-likeness (QED) is 0.593. The van der Waals surface area contributed by atoms with Crippen LogP contribution in [0.2, 0.25) is 0 Å². The maximum Gasteiger partial charge on any atom is 0.266 e. The number of ether oxygens (including phenoxy) is 2. The Kier molecular flexibility index (Phi) is 4.81. The summed E-state index contributed by atoms with van der Waals surface area (Å²) in [5, 5.41) is 0. The fraction of sp³-hybridized carbons (Fsp3) is 0.294. The first kappa shape index (κ1) is 15.8. The number of pyridine rings is 1. The smallest absolute Gasteiger partial charge is 0.266 e. The van der Waals surface area contributed by atoms with Crippen LogP contribution in [-0.2, 0) is 4.79 Å². The number of aromatic nitrogens is 1. The molecule has 5 nitrogen and oxygen atoms in total. The first-order valence-electron chi connectivity index (χ1n) is 7.42. The summed E-state index contributed by atoms with van der Waals surface area (Å²) in [5.74, 6) is 1.95. The highest BCUT2D eigenvalue weighted by molar-refractivity contribution is 9.10. The number of amides is 1. The molecule has 0 aliphatic carbocycles. The molecule has 120 valence electrons. The van der Waals surface area contributed by atoms with Crippen LogP contribution in [0.1, 0.15) is 12.0 Å². The molecule has 0 fully saturated rings. The lowest BCUT2D eigenvalue weighted by molar-refractivity contribution is -0.121. The van der Waals surface area contributed by atoms with Crippen molar-refractivity contribution in [1.29, 1.82) is 0 Å². The highest BCUT2D eigenvalue weighted by Gasteiger charge is 2.26. The van der Waals surface area contributed by atoms with Crippen molar-refractivity contribution in [3.8, 4) is 11.5 Å². The summed E-state index contributed by atoms with van der Waals surface area (Å²) in [7, 11) is 0. The largest absolute Gasteiger partial charge is 0.494 e. The molecule has 1 aliphatic rings. The van der Waals surface area contributed by atoms with Gasteiger partial charge in [-0.15, -0.1) is 0 Å². The minimum absolute atomic E-state index is 0.0507. The van der Waals surface area contributed by atoms with Crippen LogP contribution in [0.5, 0.6) is 11.5 Å². The van der Waals surface area contributed by atoms with E-state index in [1.807, 2.05) is 37.3 Å². The number of fused-ring (bicyclic) bond motifs is 1. The Balaban J connectivity index is 1.58. The molecule has 2 aromatic rings. The van der Waals surface area contributed by atoms with Gasteiger partial charge in [-0.2, -0.15) is 0 Å². The average molecular weight is 377 g/mol. The van der Waals surface area contributed by atoms with Gasteiger partial charge >= 0.3 is 0 Å². The number of rotatable bonds is 5. The molecule has 1 amide bonds. The Morgan fingerprint density at radius 1 is 1.26 bits per heavy atom. The van der Waals surface area contributed by atoms with Crippen molar-refractivity contribution in [2.45, 2.75) is 13.3 Å². The van der Waals surface area contributed by atoms with Crippen LogP contribution < -0.4 is 14.4 Å². The van der Waals surface area contributed by atoms with Crippen molar-refractivity contribution < 1.29 is 14.3 Å². The predicted octanol–water partition coefficient (Wildman–Crippen LogP) is 3.35. The van der Waals surface area contributed by atoms with Gasteiger partial charge in [0.15, 0.2) is 18.2 Å². The van der Waals surface area contributed by atoms with Crippen LogP contribution in [0.3, 0.4) is 0 Å². The van der Waals surface area contributed by atoms with Gasteiger partial charge in [-0.25, -0.2) is 4.98 Å². The molecular weight excluding hydrogens is 360 g/mol. The lowest BCUT2D eigenvalue weighted by Crippen LogP contribution is -2.40. The molecule has 0 saturated carbocycles. The third-order valence-corrected chi connectivity index (χ3v) is 3.97. The summed E-state index contributed by atoms with van der Waals surface area (Å²) >= 11 is 3.33. The van der Waals surface area contributed by atoms with Crippen molar-refractivity contribution in [1.82, 2.24) is 4.98 Å². The Morgan fingerprint density at radius 2 is 2.04 bits per heavy atom. The summed E-state index contributed by atoms with van der Waals surface area (Å²) in [6.07, 6.45) is 0.716. The minimum atomic E-state index is -0.0848. The van der Waals surface area contributed by atoms with E-state index in [-0.39, 0.29) is 12.5 Å². The van der Waals surface area contributed by atoms with E-state index in [1.54, 1.807) is 11.0 Å². The van der Waals surface area contributed by atoms with Gasteiger partial charge in [-0.1, -0.05) is 17.7 Å². The Labute approximate surface area is 143 Å². The van der Waals surface area contributed by atoms with Gasteiger partial charge < -0.3 is 9.47 Å². The van der Waals surface area contributed by atoms with E-state index in [9.17, 15) is 4.79 Å². The van der Waals surface area contributed by atoms with Gasteiger partial charge in [0.25, 0.3) is 5.91 Å². The van der Waals surface area contributed by atoms with Crippen LogP contribution in [0, 0.1) is 6.92 Å². The van der Waals surface area contributed by atoms with Crippen LogP contribution >= 0.6 is 15.9 Å². The molecule has 0 bridgehead atoms. The number of carbonyl (C=O) groups is 1. The topological polar surface area (TPSA) is 51.7 Å². The van der Waals surface area contributed by atoms with Crippen LogP contribution in [0.15, 0.2) is 41.0 Å². The molecule has 23 heavy (non-hydrogen) atoms. The number of nitrogens with zero attached hydrogens (tertiary/aromatic N) is 2. The zero-order valence-electron chi connectivity index (χ0n) is 12.8. The first-order chi connectivity index (χ1) is 11.1. The average Bonchev–Trinajstić information content (AvgIpc) is 2.55. The number of halogens is 1. The second-order valence-electron chi connectivity index (χ2n) is 5.30. The Bertz CT molecular complexity index is 703. The van der Waals surface area contributed by atoms with Crippen LogP contribution in [-0.4, -0.2) is 30.6 Å². The highest BCUT2D eigenvalue weighted by Crippen LogP contribution is 2.31. The van der Waals surface area contributed by atoms with Gasteiger partial charge in [-0.3, -0.25) is 9.69 Å². The third-order valence-electron chi connectivity index (χ3n) is 3.53. The van der Waals surface area contributed by atoms with Crippen LogP contribution in [0.4, 0.5) is 5.82 Å². The van der Waals surface area contributed by atoms with E-state index < -0.39 is 0 Å². The van der Waals surface area contributed by atoms with Crippen molar-refractivity contribution in [3.63, 3.8) is 0 Å². The Hall–Kier alpha value is -2.08. The first-order valence-corrected chi connectivity index (χ1v) is 8.22. The molecule has 0 N–H and O–H groups in total. The number of hydrogen-bond acceptors (Lipinski definition) is 4. The van der Waals surface area contributed by atoms with Gasteiger partial charge in [0.05, 0.1) is 6.61 Å². The van der Waals surface area contributed by atoms with E-state index in [2.05, 4.69) is 20.9 Å². The fourth-order valence-electron chi connectivity index (χ4n) is 2.33. The monoisotopic (exact) mass is 376 g/mol. The minimum Gasteiger partial charge on any atom is -0.494 e. The molecule has 0 spiro atoms. The highest BCUT2D eigenvalue weighted by atomic mass is 79.9.